The molecule has 0 saturated carbocycles. The fraction of sp³-hybridized carbons (Fsp3) is 0.250. The zero-order chi connectivity index (χ0) is 16.0. The molecule has 0 amide bonds. The molecule has 4 nitrogen and oxygen atoms in total. The van der Waals surface area contributed by atoms with Crippen molar-refractivity contribution in [2.24, 2.45) is 0 Å². The molecule has 0 heterocycles. The van der Waals surface area contributed by atoms with Gasteiger partial charge in [0.15, 0.2) is 0 Å². The van der Waals surface area contributed by atoms with Crippen LogP contribution in [0.25, 0.3) is 0 Å². The van der Waals surface area contributed by atoms with Crippen LogP contribution in [0.15, 0.2) is 53.4 Å². The summed E-state index contributed by atoms with van der Waals surface area (Å²) in [7, 11) is -2.01. The number of benzene rings is 2. The van der Waals surface area contributed by atoms with Crippen molar-refractivity contribution in [1.29, 1.82) is 0 Å². The Labute approximate surface area is 127 Å². The molecule has 0 bridgehead atoms. The molecule has 21 heavy (non-hydrogen) atoms. The number of nitrogens with two attached hydrogens (primary N) is 1. The molecule has 0 radical (unpaired) electrons. The first-order valence-electron chi connectivity index (χ1n) is 6.82. The fourth-order valence-electron chi connectivity index (χ4n) is 1.76. The maximum absolute atomic E-state index is 12.4. The summed E-state index contributed by atoms with van der Waals surface area (Å²) in [6, 6.07) is 13.5. The third-order valence-corrected chi connectivity index (χ3v) is 4.70. The van der Waals surface area contributed by atoms with Crippen molar-refractivity contribution in [2.45, 2.75) is 25.7 Å². The lowest BCUT2D eigenvalue weighted by atomic mass is 10.2. The maximum Gasteiger partial charge on any atom is 0.264 e. The number of aryl methyl sites for hydroxylation is 1. The predicted octanol–water partition coefficient (Wildman–Crippen LogP) is 3.43. The molecule has 2 aromatic rings. The average Bonchev–Trinajstić information content (AvgIpc) is 2.49. The second-order valence-electron chi connectivity index (χ2n) is 4.38. The molecule has 5 heteroatoms. The SMILES string of the molecule is CC.Cc1cccc(N(C)S(=O)(=O)c2ccc(N)cc2)c1. The molecule has 0 atom stereocenters. The van der Waals surface area contributed by atoms with Crippen molar-refractivity contribution in [3.63, 3.8) is 0 Å². The van der Waals surface area contributed by atoms with E-state index in [1.54, 1.807) is 25.2 Å². The van der Waals surface area contributed by atoms with Gasteiger partial charge in [0.2, 0.25) is 0 Å². The zero-order valence-electron chi connectivity index (χ0n) is 12.9. The highest BCUT2D eigenvalue weighted by molar-refractivity contribution is 7.92. The minimum atomic E-state index is -3.55. The Morgan fingerprint density at radius 1 is 1.00 bits per heavy atom. The molecular formula is C16H22N2O2S. The molecule has 2 aromatic carbocycles. The van der Waals surface area contributed by atoms with Gasteiger partial charge in [0.1, 0.15) is 0 Å². The summed E-state index contributed by atoms with van der Waals surface area (Å²) >= 11 is 0. The second-order valence-corrected chi connectivity index (χ2v) is 6.35. The van der Waals surface area contributed by atoms with E-state index < -0.39 is 10.0 Å². The first-order valence-corrected chi connectivity index (χ1v) is 8.26. The Bertz CT molecular complexity index is 680. The van der Waals surface area contributed by atoms with Crippen LogP contribution in [0.4, 0.5) is 11.4 Å². The van der Waals surface area contributed by atoms with Crippen LogP contribution in [0, 0.1) is 6.92 Å². The number of hydrogen-bond donors (Lipinski definition) is 1. The standard InChI is InChI=1S/C14H16N2O2S.C2H6/c1-11-4-3-5-13(10-11)16(2)19(17,18)14-8-6-12(15)7-9-14;1-2/h3-10H,15H2,1-2H3;1-2H3. The van der Waals surface area contributed by atoms with Crippen molar-refractivity contribution in [3.05, 3.63) is 54.1 Å². The normalized spacial score (nSPS) is 10.5. The highest BCUT2D eigenvalue weighted by atomic mass is 32.2. The van der Waals surface area contributed by atoms with E-state index in [0.29, 0.717) is 11.4 Å². The molecule has 0 spiro atoms. The molecule has 0 aliphatic rings. The van der Waals surface area contributed by atoms with E-state index >= 15 is 0 Å². The Morgan fingerprint density at radius 2 is 1.57 bits per heavy atom. The third-order valence-electron chi connectivity index (χ3n) is 2.90. The van der Waals surface area contributed by atoms with Crippen LogP contribution < -0.4 is 10.0 Å². The lowest BCUT2D eigenvalue weighted by molar-refractivity contribution is 0.594. The lowest BCUT2D eigenvalue weighted by Crippen LogP contribution is -2.26. The topological polar surface area (TPSA) is 63.4 Å². The van der Waals surface area contributed by atoms with Gasteiger partial charge in [0, 0.05) is 12.7 Å². The molecule has 0 aliphatic carbocycles. The fourth-order valence-corrected chi connectivity index (χ4v) is 2.95. The molecule has 0 fully saturated rings. The van der Waals surface area contributed by atoms with Crippen molar-refractivity contribution in [2.75, 3.05) is 17.1 Å². The monoisotopic (exact) mass is 306 g/mol. The van der Waals surface area contributed by atoms with Gasteiger partial charge < -0.3 is 5.73 Å². The maximum atomic E-state index is 12.4. The van der Waals surface area contributed by atoms with Crippen LogP contribution in [0.3, 0.4) is 0 Å². The van der Waals surface area contributed by atoms with Crippen LogP contribution in [-0.2, 0) is 10.0 Å². The Hall–Kier alpha value is -2.01. The number of nitrogens with zero attached hydrogens (tertiary/aromatic N) is 1. The van der Waals surface area contributed by atoms with E-state index in [4.69, 9.17) is 5.73 Å². The lowest BCUT2D eigenvalue weighted by Gasteiger charge is -2.20. The van der Waals surface area contributed by atoms with E-state index in [2.05, 4.69) is 0 Å². The number of anilines is 2. The van der Waals surface area contributed by atoms with Crippen LogP contribution in [0.2, 0.25) is 0 Å². The van der Waals surface area contributed by atoms with Gasteiger partial charge in [-0.05, 0) is 48.9 Å². The Kier molecular flexibility index (Phi) is 5.79. The Morgan fingerprint density at radius 3 is 2.10 bits per heavy atom. The average molecular weight is 306 g/mol. The van der Waals surface area contributed by atoms with E-state index in [-0.39, 0.29) is 4.90 Å². The number of hydrogen-bond acceptors (Lipinski definition) is 3. The van der Waals surface area contributed by atoms with Gasteiger partial charge in [0.05, 0.1) is 10.6 Å². The van der Waals surface area contributed by atoms with E-state index in [1.807, 2.05) is 39.0 Å². The van der Waals surface area contributed by atoms with Crippen molar-refractivity contribution in [3.8, 4) is 0 Å². The number of rotatable bonds is 3. The number of nitrogen functional groups attached to an aromatic ring is 1. The summed E-state index contributed by atoms with van der Waals surface area (Å²) in [6.07, 6.45) is 0. The van der Waals surface area contributed by atoms with Gasteiger partial charge in [-0.15, -0.1) is 0 Å². The zero-order valence-corrected chi connectivity index (χ0v) is 13.7. The summed E-state index contributed by atoms with van der Waals surface area (Å²) in [6.45, 7) is 5.92. The van der Waals surface area contributed by atoms with Gasteiger partial charge >= 0.3 is 0 Å². The van der Waals surface area contributed by atoms with Gasteiger partial charge in [-0.25, -0.2) is 8.42 Å². The molecule has 0 saturated heterocycles. The number of sulfonamides is 1. The molecule has 0 aliphatic heterocycles. The minimum absolute atomic E-state index is 0.228. The largest absolute Gasteiger partial charge is 0.399 e. The predicted molar refractivity (Wildman–Crippen MR) is 89.0 cm³/mol. The smallest absolute Gasteiger partial charge is 0.264 e. The van der Waals surface area contributed by atoms with Crippen molar-refractivity contribution in [1.82, 2.24) is 0 Å². The first kappa shape index (κ1) is 17.0. The molecule has 0 unspecified atom stereocenters. The van der Waals surface area contributed by atoms with E-state index in [9.17, 15) is 8.42 Å². The van der Waals surface area contributed by atoms with Gasteiger partial charge in [-0.3, -0.25) is 4.31 Å². The van der Waals surface area contributed by atoms with Gasteiger partial charge in [-0.2, -0.15) is 0 Å². The summed E-state index contributed by atoms with van der Waals surface area (Å²) < 4.78 is 26.1. The molecule has 2 rings (SSSR count). The quantitative estimate of drug-likeness (QED) is 0.884. The second kappa shape index (κ2) is 7.13. The molecular weight excluding hydrogens is 284 g/mol. The minimum Gasteiger partial charge on any atom is -0.399 e. The molecule has 2 N–H and O–H groups in total. The van der Waals surface area contributed by atoms with E-state index in [0.717, 1.165) is 5.56 Å². The first-order chi connectivity index (χ1) is 9.91. The third kappa shape index (κ3) is 3.98. The van der Waals surface area contributed by atoms with Gasteiger partial charge in [-0.1, -0.05) is 26.0 Å². The molecule has 114 valence electrons. The summed E-state index contributed by atoms with van der Waals surface area (Å²) in [5.41, 5.74) is 7.75. The van der Waals surface area contributed by atoms with Crippen LogP contribution in [0.5, 0.6) is 0 Å². The Balaban J connectivity index is 0.00000106. The summed E-state index contributed by atoms with van der Waals surface area (Å²) in [4.78, 5) is 0.228. The molecule has 0 aromatic heterocycles. The van der Waals surface area contributed by atoms with E-state index in [1.165, 1.54) is 16.4 Å². The summed E-state index contributed by atoms with van der Waals surface area (Å²) in [5.74, 6) is 0. The highest BCUT2D eigenvalue weighted by Crippen LogP contribution is 2.23. The van der Waals surface area contributed by atoms with Crippen LogP contribution in [-0.4, -0.2) is 15.5 Å². The van der Waals surface area contributed by atoms with Crippen LogP contribution >= 0.6 is 0 Å². The van der Waals surface area contributed by atoms with Crippen molar-refractivity contribution < 1.29 is 8.42 Å². The highest BCUT2D eigenvalue weighted by Gasteiger charge is 2.20. The van der Waals surface area contributed by atoms with Crippen molar-refractivity contribution >= 4 is 21.4 Å². The van der Waals surface area contributed by atoms with Gasteiger partial charge in [0.25, 0.3) is 10.0 Å². The van der Waals surface area contributed by atoms with Crippen LogP contribution in [0.1, 0.15) is 19.4 Å². The summed E-state index contributed by atoms with van der Waals surface area (Å²) in [5, 5.41) is 0.